The number of nitrogens with one attached hydrogen (secondary N) is 1. The Morgan fingerprint density at radius 1 is 1.44 bits per heavy atom. The first-order chi connectivity index (χ1) is 8.66. The lowest BCUT2D eigenvalue weighted by atomic mass is 10.1. The number of amides is 1. The minimum Gasteiger partial charge on any atom is -0.393 e. The van der Waals surface area contributed by atoms with E-state index in [1.807, 2.05) is 6.92 Å². The highest BCUT2D eigenvalue weighted by molar-refractivity contribution is 5.93. The van der Waals surface area contributed by atoms with E-state index < -0.39 is 0 Å². The van der Waals surface area contributed by atoms with Gasteiger partial charge < -0.3 is 5.11 Å². The van der Waals surface area contributed by atoms with Crippen LogP contribution in [0.25, 0.3) is 0 Å². The smallest absolute Gasteiger partial charge is 0.243 e. The van der Waals surface area contributed by atoms with Crippen LogP contribution in [0.3, 0.4) is 0 Å². The molecule has 0 saturated carbocycles. The number of aliphatic hydroxyl groups excluding tert-OH is 1. The predicted octanol–water partition coefficient (Wildman–Crippen LogP) is 0.260. The molecule has 0 aromatic carbocycles. The molecule has 6 nitrogen and oxygen atoms in total. The molecule has 0 unspecified atom stereocenters. The van der Waals surface area contributed by atoms with E-state index in [0.717, 1.165) is 25.9 Å². The second-order valence-electron chi connectivity index (χ2n) is 4.50. The van der Waals surface area contributed by atoms with E-state index in [0.29, 0.717) is 5.95 Å². The van der Waals surface area contributed by atoms with Gasteiger partial charge in [0.15, 0.2) is 0 Å². The maximum atomic E-state index is 12.0. The van der Waals surface area contributed by atoms with Crippen molar-refractivity contribution in [1.82, 2.24) is 14.9 Å². The Morgan fingerprint density at radius 3 is 2.67 bits per heavy atom. The molecule has 0 radical (unpaired) electrons. The van der Waals surface area contributed by atoms with Crippen LogP contribution in [0.4, 0.5) is 5.95 Å². The molecule has 1 aromatic rings. The monoisotopic (exact) mass is 250 g/mol. The molecule has 2 rings (SSSR count). The van der Waals surface area contributed by atoms with Gasteiger partial charge in [0.2, 0.25) is 11.9 Å². The van der Waals surface area contributed by atoms with Crippen LogP contribution in [-0.2, 0) is 4.79 Å². The first kappa shape index (κ1) is 12.9. The fraction of sp³-hybridized carbons (Fsp3) is 0.583. The van der Waals surface area contributed by atoms with E-state index in [1.54, 1.807) is 18.5 Å². The van der Waals surface area contributed by atoms with E-state index in [9.17, 15) is 9.90 Å². The highest BCUT2D eigenvalue weighted by atomic mass is 16.3. The van der Waals surface area contributed by atoms with Gasteiger partial charge in [0, 0.05) is 25.5 Å². The highest BCUT2D eigenvalue weighted by Crippen LogP contribution is 2.13. The number of carbonyl (C=O) groups is 1. The standard InChI is InChI=1S/C12H18N4O2/c1-9(16-7-3-10(17)4-8-16)11(18)15-12-13-5-2-6-14-12/h2,5-6,9-10,17H,3-4,7-8H2,1H3,(H,13,14,15,18)/t9-/m1/s1. The van der Waals surface area contributed by atoms with Gasteiger partial charge in [-0.2, -0.15) is 0 Å². The van der Waals surface area contributed by atoms with Crippen molar-refractivity contribution in [2.45, 2.75) is 31.9 Å². The summed E-state index contributed by atoms with van der Waals surface area (Å²) in [5.74, 6) is 0.212. The van der Waals surface area contributed by atoms with Gasteiger partial charge in [0.25, 0.3) is 0 Å². The number of nitrogens with zero attached hydrogens (tertiary/aromatic N) is 3. The lowest BCUT2D eigenvalue weighted by Gasteiger charge is -2.33. The summed E-state index contributed by atoms with van der Waals surface area (Å²) in [7, 11) is 0. The van der Waals surface area contributed by atoms with Crippen molar-refractivity contribution < 1.29 is 9.90 Å². The third kappa shape index (κ3) is 3.24. The molecule has 2 heterocycles. The van der Waals surface area contributed by atoms with Gasteiger partial charge in [-0.15, -0.1) is 0 Å². The van der Waals surface area contributed by atoms with Crippen molar-refractivity contribution in [2.24, 2.45) is 0 Å². The second kappa shape index (κ2) is 5.88. The van der Waals surface area contributed by atoms with Crippen molar-refractivity contribution in [2.75, 3.05) is 18.4 Å². The predicted molar refractivity (Wildman–Crippen MR) is 66.9 cm³/mol. The summed E-state index contributed by atoms with van der Waals surface area (Å²) in [6.07, 6.45) is 4.39. The molecule has 1 aliphatic heterocycles. The van der Waals surface area contributed by atoms with E-state index in [1.165, 1.54) is 0 Å². The van der Waals surface area contributed by atoms with Gasteiger partial charge in [-0.25, -0.2) is 9.97 Å². The number of likely N-dealkylation sites (tertiary alicyclic amines) is 1. The molecule has 1 saturated heterocycles. The fourth-order valence-corrected chi connectivity index (χ4v) is 2.02. The average molecular weight is 250 g/mol. The molecule has 18 heavy (non-hydrogen) atoms. The van der Waals surface area contributed by atoms with E-state index >= 15 is 0 Å². The zero-order valence-corrected chi connectivity index (χ0v) is 10.4. The summed E-state index contributed by atoms with van der Waals surface area (Å²) in [5.41, 5.74) is 0. The van der Waals surface area contributed by atoms with Crippen LogP contribution in [0.1, 0.15) is 19.8 Å². The number of aromatic nitrogens is 2. The van der Waals surface area contributed by atoms with Gasteiger partial charge in [-0.1, -0.05) is 0 Å². The highest BCUT2D eigenvalue weighted by Gasteiger charge is 2.25. The minimum atomic E-state index is -0.235. The van der Waals surface area contributed by atoms with Crippen LogP contribution < -0.4 is 5.32 Å². The number of hydrogen-bond acceptors (Lipinski definition) is 5. The van der Waals surface area contributed by atoms with Crippen LogP contribution in [0, 0.1) is 0 Å². The molecule has 98 valence electrons. The largest absolute Gasteiger partial charge is 0.393 e. The fourth-order valence-electron chi connectivity index (χ4n) is 2.02. The second-order valence-corrected chi connectivity index (χ2v) is 4.50. The number of hydrogen-bond donors (Lipinski definition) is 2. The Morgan fingerprint density at radius 2 is 2.06 bits per heavy atom. The van der Waals surface area contributed by atoms with Crippen LogP contribution in [0.15, 0.2) is 18.5 Å². The molecule has 1 atom stereocenters. The van der Waals surface area contributed by atoms with Crippen LogP contribution in [-0.4, -0.2) is 51.1 Å². The van der Waals surface area contributed by atoms with Crippen molar-refractivity contribution in [3.8, 4) is 0 Å². The van der Waals surface area contributed by atoms with E-state index in [-0.39, 0.29) is 18.1 Å². The Hall–Kier alpha value is -1.53. The summed E-state index contributed by atoms with van der Waals surface area (Å²) in [5, 5.41) is 12.1. The number of carbonyl (C=O) groups excluding carboxylic acids is 1. The van der Waals surface area contributed by atoms with Gasteiger partial charge in [0.1, 0.15) is 0 Å². The lowest BCUT2D eigenvalue weighted by Crippen LogP contribution is -2.47. The lowest BCUT2D eigenvalue weighted by molar-refractivity contribution is -0.121. The third-order valence-electron chi connectivity index (χ3n) is 3.23. The molecule has 1 aliphatic rings. The molecule has 1 amide bonds. The average Bonchev–Trinajstić information content (AvgIpc) is 2.40. The molecule has 1 fully saturated rings. The van der Waals surface area contributed by atoms with Gasteiger partial charge in [-0.3, -0.25) is 15.0 Å². The zero-order valence-electron chi connectivity index (χ0n) is 10.4. The van der Waals surface area contributed by atoms with Crippen molar-refractivity contribution in [1.29, 1.82) is 0 Å². The molecule has 0 bridgehead atoms. The third-order valence-corrected chi connectivity index (χ3v) is 3.23. The Labute approximate surface area is 106 Å². The SMILES string of the molecule is C[C@H](C(=O)Nc1ncccn1)N1CCC(O)CC1. The molecular formula is C12H18N4O2. The first-order valence-corrected chi connectivity index (χ1v) is 6.17. The minimum absolute atomic E-state index is 0.113. The maximum absolute atomic E-state index is 12.0. The van der Waals surface area contributed by atoms with Crippen LogP contribution >= 0.6 is 0 Å². The van der Waals surface area contributed by atoms with Gasteiger partial charge in [0.05, 0.1) is 12.1 Å². The van der Waals surface area contributed by atoms with Crippen LogP contribution in [0.2, 0.25) is 0 Å². The molecule has 1 aromatic heterocycles. The molecule has 0 spiro atoms. The van der Waals surface area contributed by atoms with E-state index in [2.05, 4.69) is 20.2 Å². The number of aliphatic hydroxyl groups is 1. The summed E-state index contributed by atoms with van der Waals surface area (Å²) in [6, 6.07) is 1.46. The Kier molecular flexibility index (Phi) is 4.22. The van der Waals surface area contributed by atoms with Gasteiger partial charge >= 0.3 is 0 Å². The quantitative estimate of drug-likeness (QED) is 0.804. The number of piperidine rings is 1. The molecule has 6 heteroatoms. The topological polar surface area (TPSA) is 78.4 Å². The number of anilines is 1. The number of rotatable bonds is 3. The maximum Gasteiger partial charge on any atom is 0.243 e. The molecule has 0 aliphatic carbocycles. The van der Waals surface area contributed by atoms with Crippen molar-refractivity contribution >= 4 is 11.9 Å². The molecule has 2 N–H and O–H groups in total. The Balaban J connectivity index is 1.89. The van der Waals surface area contributed by atoms with Crippen molar-refractivity contribution in [3.05, 3.63) is 18.5 Å². The van der Waals surface area contributed by atoms with Gasteiger partial charge in [-0.05, 0) is 25.8 Å². The van der Waals surface area contributed by atoms with E-state index in [4.69, 9.17) is 0 Å². The summed E-state index contributed by atoms with van der Waals surface area (Å²) < 4.78 is 0. The molecular weight excluding hydrogens is 232 g/mol. The summed E-state index contributed by atoms with van der Waals surface area (Å²) in [4.78, 5) is 22.0. The van der Waals surface area contributed by atoms with Crippen molar-refractivity contribution in [3.63, 3.8) is 0 Å². The van der Waals surface area contributed by atoms with Crippen LogP contribution in [0.5, 0.6) is 0 Å². The Bertz CT molecular complexity index is 390. The summed E-state index contributed by atoms with van der Waals surface area (Å²) in [6.45, 7) is 3.34. The summed E-state index contributed by atoms with van der Waals surface area (Å²) >= 11 is 0. The zero-order chi connectivity index (χ0) is 13.0. The first-order valence-electron chi connectivity index (χ1n) is 6.17. The normalized spacial score (nSPS) is 19.4.